The Balaban J connectivity index is 3.20. The molecule has 1 aromatic heterocycles. The minimum atomic E-state index is -1.07. The summed E-state index contributed by atoms with van der Waals surface area (Å²) in [6, 6.07) is 0. The molecule has 6 nitrogen and oxygen atoms in total. The van der Waals surface area contributed by atoms with Crippen molar-refractivity contribution >= 4 is 23.5 Å². The third kappa shape index (κ3) is 4.57. The van der Waals surface area contributed by atoms with Gasteiger partial charge in [-0.25, -0.2) is 14.8 Å². The van der Waals surface area contributed by atoms with Crippen LogP contribution in [0.3, 0.4) is 0 Å². The number of rotatable bonds is 8. The van der Waals surface area contributed by atoms with Crippen molar-refractivity contribution in [3.05, 3.63) is 11.3 Å². The molecule has 1 heterocycles. The van der Waals surface area contributed by atoms with E-state index in [0.29, 0.717) is 10.9 Å². The molecule has 0 aliphatic heterocycles. The van der Waals surface area contributed by atoms with Gasteiger partial charge in [-0.15, -0.1) is 0 Å². The number of aromatic carboxylic acids is 1. The van der Waals surface area contributed by atoms with E-state index >= 15 is 0 Å². The highest BCUT2D eigenvalue weighted by Crippen LogP contribution is 2.25. The predicted molar refractivity (Wildman–Crippen MR) is 84.1 cm³/mol. The molecule has 1 atom stereocenters. The van der Waals surface area contributed by atoms with E-state index in [-0.39, 0.29) is 18.0 Å². The third-order valence-corrected chi connectivity index (χ3v) is 3.86. The largest absolute Gasteiger partial charge is 0.477 e. The number of hydrogen-bond acceptors (Lipinski definition) is 6. The number of hydrogen-bond donors (Lipinski definition) is 3. The Kier molecular flexibility index (Phi) is 6.42. The molecule has 1 aromatic rings. The van der Waals surface area contributed by atoms with Gasteiger partial charge in [-0.2, -0.15) is 0 Å². The van der Waals surface area contributed by atoms with Crippen LogP contribution < -0.4 is 5.32 Å². The van der Waals surface area contributed by atoms with Gasteiger partial charge < -0.3 is 15.5 Å². The van der Waals surface area contributed by atoms with Gasteiger partial charge in [0.25, 0.3) is 0 Å². The number of carboxylic acids is 1. The summed E-state index contributed by atoms with van der Waals surface area (Å²) in [7, 11) is 0. The Hall–Kier alpha value is -1.34. The number of carbonyl (C=O) groups is 1. The van der Waals surface area contributed by atoms with Crippen LogP contribution in [0.15, 0.2) is 5.16 Å². The number of aryl methyl sites for hydroxylation is 1. The molecule has 0 fully saturated rings. The lowest BCUT2D eigenvalue weighted by molar-refractivity contribution is 0.0695. The van der Waals surface area contributed by atoms with E-state index in [1.165, 1.54) is 11.8 Å². The minimum absolute atomic E-state index is 0.0592. The van der Waals surface area contributed by atoms with Crippen molar-refractivity contribution in [2.75, 3.05) is 18.2 Å². The number of nitrogens with zero attached hydrogens (tertiary/aromatic N) is 2. The van der Waals surface area contributed by atoms with Gasteiger partial charge in [0.05, 0.1) is 17.8 Å². The zero-order valence-electron chi connectivity index (χ0n) is 12.9. The summed E-state index contributed by atoms with van der Waals surface area (Å²) in [5, 5.41) is 22.6. The van der Waals surface area contributed by atoms with Gasteiger partial charge in [0.2, 0.25) is 0 Å². The van der Waals surface area contributed by atoms with E-state index in [1.54, 1.807) is 6.92 Å². The Morgan fingerprint density at radius 1 is 1.43 bits per heavy atom. The maximum atomic E-state index is 11.4. The number of unbranched alkanes of at least 4 members (excludes halogenated alkanes) is 1. The predicted octanol–water partition coefficient (Wildman–Crippen LogP) is 2.56. The van der Waals surface area contributed by atoms with Gasteiger partial charge in [-0.1, -0.05) is 31.5 Å². The molecule has 3 N–H and O–H groups in total. The van der Waals surface area contributed by atoms with E-state index in [0.717, 1.165) is 19.3 Å². The number of aromatic nitrogens is 2. The van der Waals surface area contributed by atoms with Crippen molar-refractivity contribution in [3.8, 4) is 0 Å². The van der Waals surface area contributed by atoms with Crippen molar-refractivity contribution in [3.63, 3.8) is 0 Å². The molecular weight excluding hydrogens is 290 g/mol. The van der Waals surface area contributed by atoms with Crippen LogP contribution in [-0.4, -0.2) is 44.6 Å². The van der Waals surface area contributed by atoms with Crippen LogP contribution in [0.1, 0.15) is 49.2 Å². The fraction of sp³-hybridized carbons (Fsp3) is 0.643. The molecular formula is C14H23N3O3S. The second-order valence-corrected chi connectivity index (χ2v) is 6.05. The summed E-state index contributed by atoms with van der Waals surface area (Å²) in [6.45, 7) is 5.49. The molecule has 0 amide bonds. The minimum Gasteiger partial charge on any atom is -0.477 e. The summed E-state index contributed by atoms with van der Waals surface area (Å²) in [5.41, 5.74) is -0.124. The zero-order chi connectivity index (χ0) is 16.0. The number of aliphatic hydroxyl groups excluding tert-OH is 1. The van der Waals surface area contributed by atoms with Crippen LogP contribution in [0.25, 0.3) is 0 Å². The summed E-state index contributed by atoms with van der Waals surface area (Å²) < 4.78 is 0. The van der Waals surface area contributed by atoms with E-state index < -0.39 is 11.5 Å². The van der Waals surface area contributed by atoms with Crippen molar-refractivity contribution < 1.29 is 15.0 Å². The van der Waals surface area contributed by atoms with Crippen molar-refractivity contribution in [1.29, 1.82) is 0 Å². The van der Waals surface area contributed by atoms with Crippen LogP contribution in [0.4, 0.5) is 5.82 Å². The SMILES string of the molecule is CCCCC(C)(CO)Nc1nc(SC)nc(C)c1C(=O)O. The first-order valence-corrected chi connectivity index (χ1v) is 8.14. The highest BCUT2D eigenvalue weighted by Gasteiger charge is 2.27. The second-order valence-electron chi connectivity index (χ2n) is 5.27. The monoisotopic (exact) mass is 313 g/mol. The van der Waals surface area contributed by atoms with E-state index in [1.807, 2.05) is 13.2 Å². The lowest BCUT2D eigenvalue weighted by Gasteiger charge is -2.30. The molecule has 0 radical (unpaired) electrons. The Morgan fingerprint density at radius 2 is 2.10 bits per heavy atom. The van der Waals surface area contributed by atoms with Gasteiger partial charge >= 0.3 is 5.97 Å². The zero-order valence-corrected chi connectivity index (χ0v) is 13.8. The van der Waals surface area contributed by atoms with Crippen molar-refractivity contribution in [1.82, 2.24) is 9.97 Å². The first-order valence-electron chi connectivity index (χ1n) is 6.91. The smallest absolute Gasteiger partial charge is 0.341 e. The maximum Gasteiger partial charge on any atom is 0.341 e. The molecule has 0 bridgehead atoms. The lowest BCUT2D eigenvalue weighted by Crippen LogP contribution is -2.39. The fourth-order valence-electron chi connectivity index (χ4n) is 2.02. The normalized spacial score (nSPS) is 13.8. The van der Waals surface area contributed by atoms with E-state index in [9.17, 15) is 15.0 Å². The summed E-state index contributed by atoms with van der Waals surface area (Å²) >= 11 is 1.35. The Bertz CT molecular complexity index is 510. The highest BCUT2D eigenvalue weighted by molar-refractivity contribution is 7.98. The molecule has 0 spiro atoms. The topological polar surface area (TPSA) is 95.3 Å². The van der Waals surface area contributed by atoms with Gasteiger partial charge in [0, 0.05) is 0 Å². The summed E-state index contributed by atoms with van der Waals surface area (Å²) in [4.78, 5) is 19.9. The second kappa shape index (κ2) is 7.61. The van der Waals surface area contributed by atoms with Crippen molar-refractivity contribution in [2.45, 2.75) is 50.7 Å². The van der Waals surface area contributed by atoms with Crippen LogP contribution in [-0.2, 0) is 0 Å². The van der Waals surface area contributed by atoms with Crippen LogP contribution in [0.5, 0.6) is 0 Å². The fourth-order valence-corrected chi connectivity index (χ4v) is 2.43. The highest BCUT2D eigenvalue weighted by atomic mass is 32.2. The molecule has 0 aliphatic rings. The van der Waals surface area contributed by atoms with Gasteiger partial charge in [-0.05, 0) is 26.5 Å². The molecule has 1 unspecified atom stereocenters. The Labute approximate surface area is 129 Å². The van der Waals surface area contributed by atoms with Gasteiger partial charge in [-0.3, -0.25) is 0 Å². The van der Waals surface area contributed by atoms with Crippen LogP contribution >= 0.6 is 11.8 Å². The van der Waals surface area contributed by atoms with Crippen LogP contribution in [0.2, 0.25) is 0 Å². The van der Waals surface area contributed by atoms with E-state index in [4.69, 9.17) is 0 Å². The number of carboxylic acid groups (broad SMARTS) is 1. The van der Waals surface area contributed by atoms with Gasteiger partial charge in [0.1, 0.15) is 11.4 Å². The number of thioether (sulfide) groups is 1. The molecule has 0 saturated carbocycles. The molecule has 0 saturated heterocycles. The number of aliphatic hydroxyl groups is 1. The molecule has 21 heavy (non-hydrogen) atoms. The quantitative estimate of drug-likeness (QED) is 0.501. The lowest BCUT2D eigenvalue weighted by atomic mass is 9.95. The molecule has 7 heteroatoms. The Morgan fingerprint density at radius 3 is 2.57 bits per heavy atom. The summed E-state index contributed by atoms with van der Waals surface area (Å²) in [6.07, 6.45) is 4.51. The van der Waals surface area contributed by atoms with E-state index in [2.05, 4.69) is 22.2 Å². The molecule has 0 aliphatic carbocycles. The maximum absolute atomic E-state index is 11.4. The number of nitrogens with one attached hydrogen (secondary N) is 1. The molecule has 1 rings (SSSR count). The van der Waals surface area contributed by atoms with Gasteiger partial charge in [0.15, 0.2) is 5.16 Å². The van der Waals surface area contributed by atoms with Crippen LogP contribution in [0, 0.1) is 6.92 Å². The number of anilines is 1. The standard InChI is InChI=1S/C14H23N3O3S/c1-5-6-7-14(3,8-18)17-11-10(12(19)20)9(2)15-13(16-11)21-4/h18H,5-8H2,1-4H3,(H,19,20)(H,15,16,17). The average Bonchev–Trinajstić information content (AvgIpc) is 2.44. The average molecular weight is 313 g/mol. The first kappa shape index (κ1) is 17.7. The summed E-state index contributed by atoms with van der Waals surface area (Å²) in [5.74, 6) is -0.801. The molecule has 118 valence electrons. The molecule has 0 aromatic carbocycles. The third-order valence-electron chi connectivity index (χ3n) is 3.32. The first-order chi connectivity index (χ1) is 9.86. The van der Waals surface area contributed by atoms with Crippen molar-refractivity contribution in [2.24, 2.45) is 0 Å².